The van der Waals surface area contributed by atoms with E-state index in [0.29, 0.717) is 0 Å². The Kier molecular flexibility index (Phi) is 7.44. The highest BCUT2D eigenvalue weighted by Gasteiger charge is 2.44. The molecule has 0 saturated carbocycles. The lowest BCUT2D eigenvalue weighted by Crippen LogP contribution is -2.23. The molecule has 0 unspecified atom stereocenters. The molecule has 51 heavy (non-hydrogen) atoms. The van der Waals surface area contributed by atoms with E-state index in [2.05, 4.69) is 133 Å². The molecule has 0 radical (unpaired) electrons. The van der Waals surface area contributed by atoms with E-state index in [1.54, 1.807) is 0 Å². The summed E-state index contributed by atoms with van der Waals surface area (Å²) in [5.41, 5.74) is 17.5. The molecule has 242 valence electrons. The van der Waals surface area contributed by atoms with Crippen molar-refractivity contribution in [3.05, 3.63) is 198 Å². The first kappa shape index (κ1) is 30.5. The van der Waals surface area contributed by atoms with Gasteiger partial charge in [0.05, 0.1) is 22.8 Å². The number of benzene rings is 3. The van der Waals surface area contributed by atoms with Gasteiger partial charge in [0, 0.05) is 35.8 Å². The van der Waals surface area contributed by atoms with Crippen LogP contribution < -0.4 is 0 Å². The van der Waals surface area contributed by atoms with Crippen LogP contribution in [-0.2, 0) is 0 Å². The van der Waals surface area contributed by atoms with Gasteiger partial charge in [-0.1, -0.05) is 117 Å². The summed E-state index contributed by atoms with van der Waals surface area (Å²) in [6.45, 7) is 4.72. The molecule has 0 aliphatic heterocycles. The summed E-state index contributed by atoms with van der Waals surface area (Å²) >= 11 is 0. The maximum absolute atomic E-state index is 4.98. The van der Waals surface area contributed by atoms with Gasteiger partial charge in [0.1, 0.15) is 0 Å². The number of hydrogen-bond acceptors (Lipinski definition) is 4. The van der Waals surface area contributed by atoms with Gasteiger partial charge in [-0.05, 0) is 104 Å². The first-order chi connectivity index (χ1) is 25.1. The van der Waals surface area contributed by atoms with Crippen LogP contribution in [0.5, 0.6) is 0 Å². The second-order valence-electron chi connectivity index (χ2n) is 13.5. The van der Waals surface area contributed by atoms with E-state index in [1.165, 1.54) is 50.1 Å². The molecular formula is C47H34N4. The summed E-state index contributed by atoms with van der Waals surface area (Å²) in [6.07, 6.45) is 10.0. The van der Waals surface area contributed by atoms with Crippen LogP contribution in [0.4, 0.5) is 0 Å². The van der Waals surface area contributed by atoms with Gasteiger partial charge < -0.3 is 0 Å². The maximum Gasteiger partial charge on any atom is 0.0886 e. The molecule has 0 fully saturated rings. The molecule has 0 atom stereocenters. The molecule has 0 saturated heterocycles. The Morgan fingerprint density at radius 1 is 0.412 bits per heavy atom. The lowest BCUT2D eigenvalue weighted by molar-refractivity contribution is 0.627. The first-order valence-corrected chi connectivity index (χ1v) is 17.3. The Labute approximate surface area is 298 Å². The Morgan fingerprint density at radius 2 is 0.961 bits per heavy atom. The average molecular weight is 655 g/mol. The quantitative estimate of drug-likeness (QED) is 0.179. The molecule has 3 aromatic carbocycles. The minimum absolute atomic E-state index is 0.371. The summed E-state index contributed by atoms with van der Waals surface area (Å²) in [6, 6.07) is 48.8. The fourth-order valence-electron chi connectivity index (χ4n) is 7.74. The van der Waals surface area contributed by atoms with Crippen molar-refractivity contribution >= 4 is 28.4 Å². The number of aromatic nitrogens is 4. The second-order valence-corrected chi connectivity index (χ2v) is 13.5. The Balaban J connectivity index is 1.31. The van der Waals surface area contributed by atoms with Crippen molar-refractivity contribution < 1.29 is 0 Å². The lowest BCUT2D eigenvalue weighted by atomic mass is 9.63. The number of rotatable bonds is 6. The largest absolute Gasteiger partial charge is 0.255 e. The predicted octanol–water partition coefficient (Wildman–Crippen LogP) is 11.2. The molecule has 0 spiro atoms. The van der Waals surface area contributed by atoms with Crippen LogP contribution in [0.15, 0.2) is 170 Å². The highest BCUT2D eigenvalue weighted by Crippen LogP contribution is 2.62. The number of pyridine rings is 4. The van der Waals surface area contributed by atoms with E-state index in [4.69, 9.17) is 9.97 Å². The molecule has 0 N–H and O–H groups in total. The van der Waals surface area contributed by atoms with Gasteiger partial charge in [0.15, 0.2) is 0 Å². The van der Waals surface area contributed by atoms with Gasteiger partial charge in [0.25, 0.3) is 0 Å². The van der Waals surface area contributed by atoms with E-state index < -0.39 is 0 Å². The maximum atomic E-state index is 4.98. The van der Waals surface area contributed by atoms with E-state index in [-0.39, 0.29) is 5.41 Å². The molecular weight excluding hydrogens is 621 g/mol. The molecule has 9 rings (SSSR count). The van der Waals surface area contributed by atoms with Crippen LogP contribution in [0.2, 0.25) is 0 Å². The first-order valence-electron chi connectivity index (χ1n) is 17.3. The van der Waals surface area contributed by atoms with Crippen molar-refractivity contribution in [2.24, 2.45) is 5.41 Å². The highest BCUT2D eigenvalue weighted by atomic mass is 14.8. The van der Waals surface area contributed by atoms with Crippen LogP contribution >= 0.6 is 0 Å². The van der Waals surface area contributed by atoms with Gasteiger partial charge >= 0.3 is 0 Å². The summed E-state index contributed by atoms with van der Waals surface area (Å²) in [5, 5.41) is 0. The van der Waals surface area contributed by atoms with Crippen LogP contribution in [0.1, 0.15) is 41.7 Å². The third-order valence-electron chi connectivity index (χ3n) is 10.1. The summed E-state index contributed by atoms with van der Waals surface area (Å²) in [7, 11) is 0. The standard InChI is InChI=1S/C47H34N4/c1-47(2)37-28-33-18-13-19-36(34-22-24-40(50-29-34)38-20-9-11-26-48-38)42(33)45(37)43(31-14-5-3-6-15-31)44(32-16-7-4-8-17-32)46(47)35-23-25-41(51-30-35)39-21-10-12-27-49-39/h3-30H,1-2H3. The third-order valence-corrected chi connectivity index (χ3v) is 10.1. The van der Waals surface area contributed by atoms with Crippen molar-refractivity contribution in [1.29, 1.82) is 0 Å². The van der Waals surface area contributed by atoms with Gasteiger partial charge in [-0.3, -0.25) is 19.9 Å². The summed E-state index contributed by atoms with van der Waals surface area (Å²) in [5.74, 6) is 0. The van der Waals surface area contributed by atoms with E-state index >= 15 is 0 Å². The monoisotopic (exact) mass is 654 g/mol. The minimum atomic E-state index is -0.371. The van der Waals surface area contributed by atoms with E-state index in [9.17, 15) is 0 Å². The molecule has 2 aliphatic carbocycles. The topological polar surface area (TPSA) is 51.6 Å². The zero-order valence-corrected chi connectivity index (χ0v) is 28.5. The molecule has 0 amide bonds. The van der Waals surface area contributed by atoms with Crippen molar-refractivity contribution in [2.45, 2.75) is 13.8 Å². The molecule has 4 heterocycles. The summed E-state index contributed by atoms with van der Waals surface area (Å²) in [4.78, 5) is 18.9. The number of nitrogens with zero attached hydrogens (tertiary/aromatic N) is 4. The van der Waals surface area contributed by atoms with Gasteiger partial charge in [-0.25, -0.2) is 0 Å². The molecule has 2 aliphatic rings. The van der Waals surface area contributed by atoms with Crippen LogP contribution in [-0.4, -0.2) is 19.9 Å². The summed E-state index contributed by atoms with van der Waals surface area (Å²) < 4.78 is 0. The van der Waals surface area contributed by atoms with Crippen molar-refractivity contribution in [1.82, 2.24) is 19.9 Å². The molecule has 4 aromatic heterocycles. The van der Waals surface area contributed by atoms with Crippen LogP contribution in [0.25, 0.3) is 62.3 Å². The second kappa shape index (κ2) is 12.4. The SMILES string of the molecule is CC1(C)C2=Cc3cccc(-c4ccc(-c5ccccn5)nc4)c3C2=C(c2ccccc2)C(c2ccccc2)=C1c1ccc(-c2ccccn2)nc1. The fraction of sp³-hybridized carbons (Fsp3) is 0.0638. The zero-order chi connectivity index (χ0) is 34.4. The average Bonchev–Trinajstić information content (AvgIpc) is 3.60. The predicted molar refractivity (Wildman–Crippen MR) is 209 cm³/mol. The Hall–Kier alpha value is -6.52. The fourth-order valence-corrected chi connectivity index (χ4v) is 7.74. The Morgan fingerprint density at radius 3 is 1.51 bits per heavy atom. The van der Waals surface area contributed by atoms with Crippen molar-refractivity contribution in [3.8, 4) is 33.9 Å². The van der Waals surface area contributed by atoms with Crippen molar-refractivity contribution in [3.63, 3.8) is 0 Å². The molecule has 4 heteroatoms. The van der Waals surface area contributed by atoms with Gasteiger partial charge in [-0.15, -0.1) is 0 Å². The minimum Gasteiger partial charge on any atom is -0.255 e. The Bertz CT molecular complexity index is 2480. The number of hydrogen-bond donors (Lipinski definition) is 0. The van der Waals surface area contributed by atoms with Crippen LogP contribution in [0, 0.1) is 5.41 Å². The zero-order valence-electron chi connectivity index (χ0n) is 28.5. The number of allylic oxidation sites excluding steroid dienone is 5. The molecule has 4 nitrogen and oxygen atoms in total. The highest BCUT2D eigenvalue weighted by molar-refractivity contribution is 6.30. The van der Waals surface area contributed by atoms with Gasteiger partial charge in [0.2, 0.25) is 0 Å². The normalized spacial score (nSPS) is 14.6. The molecule has 7 aromatic rings. The third kappa shape index (κ3) is 5.24. The smallest absolute Gasteiger partial charge is 0.0886 e. The van der Waals surface area contributed by atoms with Crippen molar-refractivity contribution in [2.75, 3.05) is 0 Å². The van der Waals surface area contributed by atoms with Crippen LogP contribution in [0.3, 0.4) is 0 Å². The van der Waals surface area contributed by atoms with E-state index in [1.807, 2.05) is 61.2 Å². The molecule has 0 bridgehead atoms. The van der Waals surface area contributed by atoms with Gasteiger partial charge in [-0.2, -0.15) is 0 Å². The lowest BCUT2D eigenvalue weighted by Gasteiger charge is -2.40. The number of fused-ring (bicyclic) bond motifs is 3. The van der Waals surface area contributed by atoms with E-state index in [0.717, 1.165) is 39.5 Å².